The maximum absolute atomic E-state index is 13.4. The second-order valence-corrected chi connectivity index (χ2v) is 13.2. The van der Waals surface area contributed by atoms with E-state index in [1.807, 2.05) is 48.1 Å². The number of fused-ring (bicyclic) bond motifs is 1. The predicted molar refractivity (Wildman–Crippen MR) is 205 cm³/mol. The van der Waals surface area contributed by atoms with Crippen LogP contribution in [0.1, 0.15) is 55.4 Å². The first-order chi connectivity index (χ1) is 25.6. The van der Waals surface area contributed by atoms with Gasteiger partial charge in [-0.2, -0.15) is 4.99 Å². The van der Waals surface area contributed by atoms with E-state index in [9.17, 15) is 4.79 Å². The highest BCUT2D eigenvalue weighted by Gasteiger charge is 2.45. The number of hydrogen-bond acceptors (Lipinski definition) is 6. The highest BCUT2D eigenvalue weighted by Crippen LogP contribution is 2.43. The van der Waals surface area contributed by atoms with Crippen molar-refractivity contribution in [2.45, 2.75) is 45.1 Å². The number of benzene rings is 5. The smallest absolute Gasteiger partial charge is 0.269 e. The number of nitrogens with one attached hydrogen (secondary N) is 1. The van der Waals surface area contributed by atoms with Crippen LogP contribution in [0.25, 0.3) is 22.5 Å². The van der Waals surface area contributed by atoms with E-state index < -0.39 is 5.54 Å². The molecule has 8 nitrogen and oxygen atoms in total. The summed E-state index contributed by atoms with van der Waals surface area (Å²) in [7, 11) is 0. The molecule has 5 aromatic carbocycles. The molecule has 1 radical (unpaired) electrons. The molecule has 0 saturated carbocycles. The van der Waals surface area contributed by atoms with E-state index in [2.05, 4.69) is 137 Å². The number of rotatable bonds is 11. The van der Waals surface area contributed by atoms with Crippen molar-refractivity contribution in [2.75, 3.05) is 0 Å². The van der Waals surface area contributed by atoms with Crippen LogP contribution in [-0.4, -0.2) is 32.1 Å². The SMILES string of the molecule is CCCCC1=C(Cc2ccc(-c3ccccc3-c3nnnn3C(c3ccccc3)(c3ccccc3)c3ccccc3)cc2)C(=O)NC2=NC=C(C)[N+]21. The van der Waals surface area contributed by atoms with E-state index >= 15 is 0 Å². The van der Waals surface area contributed by atoms with Crippen LogP contribution < -0.4 is 10.2 Å². The monoisotopic (exact) mass is 681 g/mol. The fourth-order valence-corrected chi connectivity index (χ4v) is 7.52. The number of hydrogen-bond donors (Lipinski definition) is 1. The standard InChI is InChI=1S/C44H39N7O/c1-3-4-24-40-39(42(52)46-43-45-30-31(2)50(40)43)29-32-25-27-33(28-26-32)37-22-14-15-23-38(37)41-47-48-49-51(41)44(34-16-8-5-9-17-34,35-18-10-6-11-19-35)36-20-12-7-13-21-36/h5-23,25-28,30H,3-4,24,29H2,1-2H3,(H,45,46,52)/q+1. The first-order valence-electron chi connectivity index (χ1n) is 17.8. The highest BCUT2D eigenvalue weighted by atomic mass is 16.2. The van der Waals surface area contributed by atoms with Gasteiger partial charge in [0.25, 0.3) is 5.91 Å². The maximum atomic E-state index is 13.4. The van der Waals surface area contributed by atoms with Gasteiger partial charge in [-0.3, -0.25) is 10.1 Å². The summed E-state index contributed by atoms with van der Waals surface area (Å²) in [6, 6.07) is 48.0. The van der Waals surface area contributed by atoms with Crippen molar-refractivity contribution < 1.29 is 4.79 Å². The van der Waals surface area contributed by atoms with Gasteiger partial charge in [0, 0.05) is 25.3 Å². The van der Waals surface area contributed by atoms with Crippen molar-refractivity contribution in [3.05, 3.63) is 185 Å². The second-order valence-electron chi connectivity index (χ2n) is 13.2. The number of aliphatic imine (C=N–C) groups is 1. The zero-order valence-corrected chi connectivity index (χ0v) is 29.3. The number of unbranched alkanes of at least 4 members (excludes halogenated alkanes) is 1. The largest absolute Gasteiger partial charge is 0.370 e. The van der Waals surface area contributed by atoms with Gasteiger partial charge in [-0.05, 0) is 55.1 Å². The number of guanidine groups is 1. The summed E-state index contributed by atoms with van der Waals surface area (Å²) in [6.07, 6.45) is 5.20. The molecule has 0 unspecified atom stereocenters. The topological polar surface area (TPSA) is 91.0 Å². The molecule has 0 atom stereocenters. The van der Waals surface area contributed by atoms with Crippen molar-refractivity contribution in [3.8, 4) is 22.5 Å². The van der Waals surface area contributed by atoms with Crippen LogP contribution in [0.3, 0.4) is 0 Å². The van der Waals surface area contributed by atoms with Gasteiger partial charge in [0.2, 0.25) is 0 Å². The van der Waals surface area contributed by atoms with Gasteiger partial charge >= 0.3 is 5.96 Å². The molecule has 0 fully saturated rings. The molecule has 0 aliphatic carbocycles. The molecule has 2 aliphatic heterocycles. The quantitative estimate of drug-likeness (QED) is 0.110. The lowest BCUT2D eigenvalue weighted by Gasteiger charge is -2.36. The van der Waals surface area contributed by atoms with Gasteiger partial charge in [0.1, 0.15) is 5.54 Å². The summed E-state index contributed by atoms with van der Waals surface area (Å²) in [5.74, 6) is 1.17. The van der Waals surface area contributed by atoms with Crippen molar-refractivity contribution in [1.29, 1.82) is 0 Å². The lowest BCUT2D eigenvalue weighted by Crippen LogP contribution is -2.50. The fraction of sp³-hybridized carbons (Fsp3) is 0.159. The third-order valence-electron chi connectivity index (χ3n) is 10.00. The number of nitrogens with zero attached hydrogens (tertiary/aromatic N) is 6. The number of carbonyl (C=O) groups is 1. The molecule has 0 bridgehead atoms. The Kier molecular flexibility index (Phi) is 8.97. The van der Waals surface area contributed by atoms with Crippen LogP contribution in [0, 0.1) is 0 Å². The molecule has 255 valence electrons. The number of amides is 1. The van der Waals surface area contributed by atoms with E-state index in [0.717, 1.165) is 75.2 Å². The fourth-order valence-electron chi connectivity index (χ4n) is 7.52. The van der Waals surface area contributed by atoms with Gasteiger partial charge in [-0.25, -0.2) is 4.68 Å². The van der Waals surface area contributed by atoms with Crippen molar-refractivity contribution in [1.82, 2.24) is 30.4 Å². The van der Waals surface area contributed by atoms with E-state index in [4.69, 9.17) is 10.3 Å². The minimum Gasteiger partial charge on any atom is -0.269 e. The molecular formula is C44H39N7O+. The van der Waals surface area contributed by atoms with Crippen LogP contribution in [0.2, 0.25) is 0 Å². The van der Waals surface area contributed by atoms with E-state index in [1.165, 1.54) is 0 Å². The Morgan fingerprint density at radius 1 is 0.731 bits per heavy atom. The number of carbonyl (C=O) groups excluding carboxylic acids is 1. The van der Waals surface area contributed by atoms with E-state index in [1.54, 1.807) is 0 Å². The summed E-state index contributed by atoms with van der Waals surface area (Å²) in [5.41, 5.74) is 9.10. The molecule has 52 heavy (non-hydrogen) atoms. The summed E-state index contributed by atoms with van der Waals surface area (Å²) in [6.45, 7) is 4.20. The summed E-state index contributed by atoms with van der Waals surface area (Å²) in [4.78, 5) is 19.9. The average molecular weight is 682 g/mol. The summed E-state index contributed by atoms with van der Waals surface area (Å²) < 4.78 is 1.97. The molecule has 0 saturated heterocycles. The third kappa shape index (κ3) is 5.77. The van der Waals surface area contributed by atoms with Crippen LogP contribution >= 0.6 is 0 Å². The second kappa shape index (κ2) is 14.2. The lowest BCUT2D eigenvalue weighted by atomic mass is 9.77. The number of tetrazole rings is 1. The van der Waals surface area contributed by atoms with Crippen molar-refractivity contribution in [3.63, 3.8) is 0 Å². The first-order valence-corrected chi connectivity index (χ1v) is 17.8. The van der Waals surface area contributed by atoms with Crippen molar-refractivity contribution in [2.24, 2.45) is 4.99 Å². The molecule has 1 amide bonds. The molecule has 8 rings (SSSR count). The Bertz CT molecular complexity index is 2210. The average Bonchev–Trinajstić information content (AvgIpc) is 3.83. The zero-order chi connectivity index (χ0) is 35.5. The Labute approximate surface area is 303 Å². The molecule has 3 heterocycles. The Morgan fingerprint density at radius 3 is 1.90 bits per heavy atom. The molecule has 6 aromatic rings. The Morgan fingerprint density at radius 2 is 1.31 bits per heavy atom. The van der Waals surface area contributed by atoms with Crippen LogP contribution in [0.15, 0.2) is 168 Å². The summed E-state index contributed by atoms with van der Waals surface area (Å²) in [5, 5.41) is 16.8. The molecule has 2 aliphatic rings. The van der Waals surface area contributed by atoms with Gasteiger partial charge in [-0.15, -0.1) is 5.10 Å². The van der Waals surface area contributed by atoms with Gasteiger partial charge in [-0.1, -0.05) is 153 Å². The predicted octanol–water partition coefficient (Wildman–Crippen LogP) is 8.33. The first kappa shape index (κ1) is 32.9. The minimum atomic E-state index is -0.864. The third-order valence-corrected chi connectivity index (χ3v) is 10.00. The van der Waals surface area contributed by atoms with Crippen LogP contribution in [-0.2, 0) is 16.8 Å². The molecule has 0 spiro atoms. The van der Waals surface area contributed by atoms with Crippen molar-refractivity contribution >= 4 is 11.9 Å². The molecule has 1 aromatic heterocycles. The van der Waals surface area contributed by atoms with Crippen LogP contribution in [0.4, 0.5) is 0 Å². The molecule has 8 heteroatoms. The normalized spacial score (nSPS) is 14.5. The number of aromatic nitrogens is 4. The van der Waals surface area contributed by atoms with Gasteiger partial charge < -0.3 is 0 Å². The van der Waals surface area contributed by atoms with E-state index in [-0.39, 0.29) is 5.91 Å². The Hall–Kier alpha value is -6.25. The van der Waals surface area contributed by atoms with E-state index in [0.29, 0.717) is 18.2 Å². The zero-order valence-electron chi connectivity index (χ0n) is 29.3. The minimum absolute atomic E-state index is 0.0795. The lowest BCUT2D eigenvalue weighted by molar-refractivity contribution is -0.116. The maximum Gasteiger partial charge on any atom is 0.370 e. The highest BCUT2D eigenvalue weighted by molar-refractivity contribution is 6.11. The van der Waals surface area contributed by atoms with Crippen LogP contribution in [0.5, 0.6) is 0 Å². The number of allylic oxidation sites excluding steroid dienone is 2. The molecule has 1 N–H and O–H groups in total. The Balaban J connectivity index is 1.21. The summed E-state index contributed by atoms with van der Waals surface area (Å²) >= 11 is 0. The molecular weight excluding hydrogens is 643 g/mol. The van der Waals surface area contributed by atoms with Gasteiger partial charge in [0.05, 0.1) is 11.8 Å². The van der Waals surface area contributed by atoms with Gasteiger partial charge in [0.15, 0.2) is 17.2 Å².